The number of carbonyl (C=O) groups excluding carboxylic acids is 2. The Balaban J connectivity index is 1.72. The van der Waals surface area contributed by atoms with E-state index in [2.05, 4.69) is 15.5 Å². The second-order valence-corrected chi connectivity index (χ2v) is 6.33. The normalized spacial score (nSPS) is 23.0. The van der Waals surface area contributed by atoms with Crippen LogP contribution < -0.4 is 11.1 Å². The summed E-state index contributed by atoms with van der Waals surface area (Å²) in [5, 5.41) is 9.72. The lowest BCUT2D eigenvalue weighted by atomic mass is 10.0. The number of nitrogens with one attached hydrogen (secondary N) is 2. The fourth-order valence-corrected chi connectivity index (χ4v) is 3.75. The molecule has 124 valence electrons. The van der Waals surface area contributed by atoms with Crippen molar-refractivity contribution in [1.29, 1.82) is 0 Å². The predicted molar refractivity (Wildman–Crippen MR) is 89.0 cm³/mol. The molecule has 7 nitrogen and oxygen atoms in total. The highest BCUT2D eigenvalue weighted by atomic mass is 16.2. The summed E-state index contributed by atoms with van der Waals surface area (Å²) in [6.45, 7) is 0.505. The van der Waals surface area contributed by atoms with Crippen molar-refractivity contribution in [3.63, 3.8) is 0 Å². The molecule has 2 atom stereocenters. The zero-order chi connectivity index (χ0) is 16.7. The Morgan fingerprint density at radius 1 is 1.21 bits per heavy atom. The summed E-state index contributed by atoms with van der Waals surface area (Å²) in [4.78, 5) is 26.8. The zero-order valence-electron chi connectivity index (χ0n) is 13.2. The van der Waals surface area contributed by atoms with E-state index in [4.69, 9.17) is 5.73 Å². The van der Waals surface area contributed by atoms with Gasteiger partial charge in [0.05, 0.1) is 5.56 Å². The number of aromatic nitrogens is 2. The smallest absolute Gasteiger partial charge is 0.273 e. The topological polar surface area (TPSA) is 104 Å². The Kier molecular flexibility index (Phi) is 3.48. The van der Waals surface area contributed by atoms with Crippen LogP contribution >= 0.6 is 0 Å². The van der Waals surface area contributed by atoms with Crippen LogP contribution in [0.25, 0.3) is 11.1 Å². The van der Waals surface area contributed by atoms with Gasteiger partial charge >= 0.3 is 0 Å². The maximum Gasteiger partial charge on any atom is 0.273 e. The number of hydrogen-bond acceptors (Lipinski definition) is 4. The molecule has 7 heteroatoms. The summed E-state index contributed by atoms with van der Waals surface area (Å²) in [5.74, 6) is 0.176. The second-order valence-electron chi connectivity index (χ2n) is 6.33. The van der Waals surface area contributed by atoms with Crippen LogP contribution in [0.2, 0.25) is 0 Å². The van der Waals surface area contributed by atoms with Crippen LogP contribution in [0.1, 0.15) is 29.8 Å². The van der Waals surface area contributed by atoms with Crippen molar-refractivity contribution in [3.8, 4) is 11.1 Å². The lowest BCUT2D eigenvalue weighted by molar-refractivity contribution is -0.121. The minimum atomic E-state index is -0.137. The van der Waals surface area contributed by atoms with Crippen molar-refractivity contribution in [2.75, 3.05) is 12.3 Å². The number of rotatable bonds is 2. The van der Waals surface area contributed by atoms with Gasteiger partial charge in [0.25, 0.3) is 5.91 Å². The summed E-state index contributed by atoms with van der Waals surface area (Å²) in [7, 11) is 0. The van der Waals surface area contributed by atoms with Gasteiger partial charge in [0.15, 0.2) is 5.82 Å². The number of nitrogens with two attached hydrogens (primary N) is 1. The van der Waals surface area contributed by atoms with Crippen LogP contribution in [0.15, 0.2) is 30.3 Å². The lowest BCUT2D eigenvalue weighted by Gasteiger charge is -2.27. The summed E-state index contributed by atoms with van der Waals surface area (Å²) in [6.07, 6.45) is 2.11. The third kappa shape index (κ3) is 2.33. The molecule has 0 aliphatic carbocycles. The number of fused-ring (bicyclic) bond motifs is 2. The number of nitrogens with zero attached hydrogens (tertiary/aromatic N) is 2. The van der Waals surface area contributed by atoms with Gasteiger partial charge in [-0.3, -0.25) is 14.7 Å². The van der Waals surface area contributed by atoms with Crippen LogP contribution in [0.4, 0.5) is 5.82 Å². The monoisotopic (exact) mass is 325 g/mol. The van der Waals surface area contributed by atoms with E-state index < -0.39 is 0 Å². The molecular weight excluding hydrogens is 306 g/mol. The van der Waals surface area contributed by atoms with E-state index in [0.29, 0.717) is 30.0 Å². The van der Waals surface area contributed by atoms with Crippen molar-refractivity contribution in [1.82, 2.24) is 20.4 Å². The van der Waals surface area contributed by atoms with Gasteiger partial charge in [-0.2, -0.15) is 5.10 Å². The summed E-state index contributed by atoms with van der Waals surface area (Å²) in [5.41, 5.74) is 7.87. The highest BCUT2D eigenvalue weighted by Crippen LogP contribution is 2.33. The number of carbonyl (C=O) groups is 2. The molecule has 1 aromatic carbocycles. The molecule has 2 fully saturated rings. The third-order valence-electron chi connectivity index (χ3n) is 4.88. The van der Waals surface area contributed by atoms with E-state index in [-0.39, 0.29) is 23.9 Å². The summed E-state index contributed by atoms with van der Waals surface area (Å²) >= 11 is 0. The molecule has 0 spiro atoms. The fraction of sp³-hybridized carbons (Fsp3) is 0.353. The molecule has 2 bridgehead atoms. The van der Waals surface area contributed by atoms with E-state index >= 15 is 0 Å². The van der Waals surface area contributed by atoms with Gasteiger partial charge in [0, 0.05) is 25.0 Å². The average Bonchev–Trinajstić information content (AvgIpc) is 3.11. The van der Waals surface area contributed by atoms with Gasteiger partial charge in [0.1, 0.15) is 5.69 Å². The van der Waals surface area contributed by atoms with E-state index in [1.165, 1.54) is 0 Å². The first-order chi connectivity index (χ1) is 11.6. The molecule has 0 radical (unpaired) electrons. The molecule has 2 aliphatic rings. The second kappa shape index (κ2) is 5.67. The van der Waals surface area contributed by atoms with Crippen molar-refractivity contribution in [2.24, 2.45) is 0 Å². The minimum absolute atomic E-state index is 0.00686. The van der Waals surface area contributed by atoms with Crippen molar-refractivity contribution in [2.45, 2.75) is 31.3 Å². The number of amides is 2. The van der Waals surface area contributed by atoms with E-state index in [9.17, 15) is 9.59 Å². The molecule has 24 heavy (non-hydrogen) atoms. The first-order valence-electron chi connectivity index (χ1n) is 8.13. The number of anilines is 1. The van der Waals surface area contributed by atoms with Crippen molar-refractivity contribution >= 4 is 17.6 Å². The number of aromatic amines is 1. The standard InChI is InChI=1S/C17H19N5O2/c18-16-14(10-4-2-1-3-5-10)15(20-21-16)17(24)22-11-6-7-12(22)9-19-13(23)8-11/h1-5,11-12H,6-9H2,(H,19,23)(H3,18,20,21)/t11-,12+/m1/s1. The Morgan fingerprint density at radius 2 is 1.96 bits per heavy atom. The maximum atomic E-state index is 13.2. The van der Waals surface area contributed by atoms with Gasteiger partial charge in [0.2, 0.25) is 5.91 Å². The Bertz CT molecular complexity index is 786. The Morgan fingerprint density at radius 3 is 2.75 bits per heavy atom. The minimum Gasteiger partial charge on any atom is -0.382 e. The summed E-state index contributed by atoms with van der Waals surface area (Å²) in [6, 6.07) is 9.48. The first-order valence-corrected chi connectivity index (χ1v) is 8.13. The van der Waals surface area contributed by atoms with E-state index in [1.54, 1.807) is 0 Å². The number of benzene rings is 1. The lowest BCUT2D eigenvalue weighted by Crippen LogP contribution is -2.42. The third-order valence-corrected chi connectivity index (χ3v) is 4.88. The Labute approximate surface area is 139 Å². The maximum absolute atomic E-state index is 13.2. The van der Waals surface area contributed by atoms with Gasteiger partial charge < -0.3 is 16.0 Å². The van der Waals surface area contributed by atoms with Crippen LogP contribution in [0.3, 0.4) is 0 Å². The SMILES string of the molecule is Nc1n[nH]c(C(=O)N2[C@@H]3CC[C@H]2CNC(=O)C3)c1-c1ccccc1. The van der Waals surface area contributed by atoms with Crippen LogP contribution in [-0.4, -0.2) is 45.5 Å². The van der Waals surface area contributed by atoms with Gasteiger partial charge in [-0.1, -0.05) is 30.3 Å². The first kappa shape index (κ1) is 14.7. The molecule has 2 saturated heterocycles. The predicted octanol–water partition coefficient (Wildman–Crippen LogP) is 1.15. The molecule has 3 heterocycles. The van der Waals surface area contributed by atoms with E-state index in [0.717, 1.165) is 18.4 Å². The van der Waals surface area contributed by atoms with Crippen LogP contribution in [0, 0.1) is 0 Å². The fourth-order valence-electron chi connectivity index (χ4n) is 3.75. The Hall–Kier alpha value is -2.83. The molecule has 2 aromatic rings. The van der Waals surface area contributed by atoms with Gasteiger partial charge in [-0.25, -0.2) is 0 Å². The molecule has 0 unspecified atom stereocenters. The number of H-pyrrole nitrogens is 1. The molecule has 4 N–H and O–H groups in total. The highest BCUT2D eigenvalue weighted by Gasteiger charge is 2.41. The molecule has 2 amide bonds. The largest absolute Gasteiger partial charge is 0.382 e. The molecular formula is C17H19N5O2. The van der Waals surface area contributed by atoms with Crippen LogP contribution in [-0.2, 0) is 4.79 Å². The number of hydrogen-bond donors (Lipinski definition) is 3. The number of nitrogen functional groups attached to an aromatic ring is 1. The quantitative estimate of drug-likeness (QED) is 0.770. The summed E-state index contributed by atoms with van der Waals surface area (Å²) < 4.78 is 0. The van der Waals surface area contributed by atoms with Crippen molar-refractivity contribution < 1.29 is 9.59 Å². The molecule has 0 saturated carbocycles. The molecule has 4 rings (SSSR count). The van der Waals surface area contributed by atoms with Crippen LogP contribution in [0.5, 0.6) is 0 Å². The average molecular weight is 325 g/mol. The molecule has 1 aromatic heterocycles. The zero-order valence-corrected chi connectivity index (χ0v) is 13.2. The van der Waals surface area contributed by atoms with Gasteiger partial charge in [-0.15, -0.1) is 0 Å². The van der Waals surface area contributed by atoms with E-state index in [1.807, 2.05) is 35.2 Å². The van der Waals surface area contributed by atoms with Crippen molar-refractivity contribution in [3.05, 3.63) is 36.0 Å². The van der Waals surface area contributed by atoms with Gasteiger partial charge in [-0.05, 0) is 18.4 Å². The molecule has 2 aliphatic heterocycles. The highest BCUT2D eigenvalue weighted by molar-refractivity contribution is 6.02.